The molecule has 0 fully saturated rings. The van der Waals surface area contributed by atoms with Crippen molar-refractivity contribution in [2.24, 2.45) is 0 Å². The average Bonchev–Trinajstić information content (AvgIpc) is 2.55. The average molecular weight is 230 g/mol. The van der Waals surface area contributed by atoms with Crippen LogP contribution in [0.15, 0.2) is 0 Å². The van der Waals surface area contributed by atoms with Crippen LogP contribution in [0.1, 0.15) is 15.6 Å². The standard InChI is InChI=1S/C10H18N2O2S/c1-8-9(7-14-3)15-10(12-8)6-11-4-5-13-2/h11H,4-7H2,1-3H3. The van der Waals surface area contributed by atoms with Gasteiger partial charge in [0.15, 0.2) is 0 Å². The molecule has 0 atom stereocenters. The van der Waals surface area contributed by atoms with E-state index in [-0.39, 0.29) is 0 Å². The van der Waals surface area contributed by atoms with Gasteiger partial charge in [-0.15, -0.1) is 11.3 Å². The van der Waals surface area contributed by atoms with E-state index in [0.29, 0.717) is 6.61 Å². The van der Waals surface area contributed by atoms with Crippen molar-refractivity contribution in [1.29, 1.82) is 0 Å². The van der Waals surface area contributed by atoms with Crippen LogP contribution in [0.4, 0.5) is 0 Å². The summed E-state index contributed by atoms with van der Waals surface area (Å²) in [7, 11) is 3.40. The molecule has 0 aliphatic heterocycles. The molecule has 1 rings (SSSR count). The van der Waals surface area contributed by atoms with E-state index < -0.39 is 0 Å². The van der Waals surface area contributed by atoms with Gasteiger partial charge in [-0.2, -0.15) is 0 Å². The molecular weight excluding hydrogens is 212 g/mol. The Morgan fingerprint density at radius 3 is 2.80 bits per heavy atom. The Morgan fingerprint density at radius 1 is 1.33 bits per heavy atom. The fraction of sp³-hybridized carbons (Fsp3) is 0.700. The van der Waals surface area contributed by atoms with E-state index >= 15 is 0 Å². The fourth-order valence-electron chi connectivity index (χ4n) is 1.20. The van der Waals surface area contributed by atoms with Crippen molar-refractivity contribution in [1.82, 2.24) is 10.3 Å². The van der Waals surface area contributed by atoms with Crippen LogP contribution in [0.3, 0.4) is 0 Å². The lowest BCUT2D eigenvalue weighted by molar-refractivity contribution is 0.187. The molecule has 0 aromatic carbocycles. The lowest BCUT2D eigenvalue weighted by atomic mass is 10.4. The van der Waals surface area contributed by atoms with Gasteiger partial charge in [-0.3, -0.25) is 0 Å². The zero-order chi connectivity index (χ0) is 11.1. The number of ether oxygens (including phenoxy) is 2. The van der Waals surface area contributed by atoms with E-state index in [0.717, 1.165) is 30.4 Å². The zero-order valence-corrected chi connectivity index (χ0v) is 10.3. The predicted octanol–water partition coefficient (Wildman–Crippen LogP) is 1.33. The highest BCUT2D eigenvalue weighted by Gasteiger charge is 2.06. The number of hydrogen-bond acceptors (Lipinski definition) is 5. The van der Waals surface area contributed by atoms with Gasteiger partial charge in [0.2, 0.25) is 0 Å². The van der Waals surface area contributed by atoms with Gasteiger partial charge in [0.05, 0.1) is 23.8 Å². The van der Waals surface area contributed by atoms with Gasteiger partial charge < -0.3 is 14.8 Å². The molecule has 0 saturated heterocycles. The van der Waals surface area contributed by atoms with Crippen LogP contribution in [0.5, 0.6) is 0 Å². The molecule has 0 radical (unpaired) electrons. The van der Waals surface area contributed by atoms with Crippen LogP contribution >= 0.6 is 11.3 Å². The summed E-state index contributed by atoms with van der Waals surface area (Å²) in [6, 6.07) is 0. The second-order valence-corrected chi connectivity index (χ2v) is 4.39. The summed E-state index contributed by atoms with van der Waals surface area (Å²) in [5.74, 6) is 0. The Morgan fingerprint density at radius 2 is 2.13 bits per heavy atom. The third-order valence-corrected chi connectivity index (χ3v) is 3.10. The minimum absolute atomic E-state index is 0.654. The van der Waals surface area contributed by atoms with Crippen LogP contribution < -0.4 is 5.32 Å². The van der Waals surface area contributed by atoms with Crippen LogP contribution in [0.25, 0.3) is 0 Å². The molecule has 1 heterocycles. The van der Waals surface area contributed by atoms with Crippen molar-refractivity contribution in [3.8, 4) is 0 Å². The van der Waals surface area contributed by atoms with Gasteiger partial charge in [0.25, 0.3) is 0 Å². The lowest BCUT2D eigenvalue weighted by Crippen LogP contribution is -2.18. The smallest absolute Gasteiger partial charge is 0.107 e. The molecule has 0 spiro atoms. The maximum absolute atomic E-state index is 5.10. The van der Waals surface area contributed by atoms with Crippen LogP contribution in [-0.2, 0) is 22.6 Å². The number of rotatable bonds is 7. The summed E-state index contributed by atoms with van der Waals surface area (Å²) in [5.41, 5.74) is 1.07. The highest BCUT2D eigenvalue weighted by atomic mass is 32.1. The van der Waals surface area contributed by atoms with E-state index in [1.807, 2.05) is 6.92 Å². The Bertz CT molecular complexity index is 289. The van der Waals surface area contributed by atoms with Gasteiger partial charge in [0.1, 0.15) is 5.01 Å². The number of nitrogens with one attached hydrogen (secondary N) is 1. The lowest BCUT2D eigenvalue weighted by Gasteiger charge is -1.99. The van der Waals surface area contributed by atoms with Crippen LogP contribution in [0.2, 0.25) is 0 Å². The SMILES string of the molecule is COCCNCc1nc(C)c(COC)s1. The molecule has 1 aromatic heterocycles. The van der Waals surface area contributed by atoms with E-state index in [2.05, 4.69) is 10.3 Å². The number of thiazole rings is 1. The van der Waals surface area contributed by atoms with Crippen molar-refractivity contribution < 1.29 is 9.47 Å². The Labute approximate surface area is 94.6 Å². The molecule has 0 aliphatic rings. The van der Waals surface area contributed by atoms with Crippen LogP contribution in [0, 0.1) is 6.92 Å². The summed E-state index contributed by atoms with van der Waals surface area (Å²) in [5, 5.41) is 4.37. The molecule has 0 aliphatic carbocycles. The summed E-state index contributed by atoms with van der Waals surface area (Å²) < 4.78 is 10.0. The maximum atomic E-state index is 5.10. The highest BCUT2D eigenvalue weighted by molar-refractivity contribution is 7.11. The third-order valence-electron chi connectivity index (χ3n) is 1.97. The number of hydrogen-bond donors (Lipinski definition) is 1. The predicted molar refractivity (Wildman–Crippen MR) is 61.1 cm³/mol. The molecule has 1 N–H and O–H groups in total. The van der Waals surface area contributed by atoms with Crippen molar-refractivity contribution in [2.45, 2.75) is 20.1 Å². The molecule has 0 saturated carbocycles. The fourth-order valence-corrected chi connectivity index (χ4v) is 2.21. The van der Waals surface area contributed by atoms with E-state index in [1.165, 1.54) is 4.88 Å². The van der Waals surface area contributed by atoms with Crippen molar-refractivity contribution in [3.05, 3.63) is 15.6 Å². The number of aromatic nitrogens is 1. The molecule has 0 bridgehead atoms. The van der Waals surface area contributed by atoms with Crippen LogP contribution in [-0.4, -0.2) is 32.4 Å². The van der Waals surface area contributed by atoms with Gasteiger partial charge in [-0.1, -0.05) is 0 Å². The molecule has 5 heteroatoms. The van der Waals surface area contributed by atoms with Gasteiger partial charge in [-0.25, -0.2) is 4.98 Å². The molecule has 0 unspecified atom stereocenters. The Kier molecular flexibility index (Phi) is 5.78. The summed E-state index contributed by atoms with van der Waals surface area (Å²) in [6.07, 6.45) is 0. The van der Waals surface area contributed by atoms with Crippen molar-refractivity contribution in [2.75, 3.05) is 27.4 Å². The third kappa shape index (κ3) is 4.25. The monoisotopic (exact) mass is 230 g/mol. The minimum Gasteiger partial charge on any atom is -0.383 e. The van der Waals surface area contributed by atoms with Gasteiger partial charge in [-0.05, 0) is 6.92 Å². The summed E-state index contributed by atoms with van der Waals surface area (Å²) in [6.45, 7) is 5.06. The Hall–Kier alpha value is -0.490. The quantitative estimate of drug-likeness (QED) is 0.718. The summed E-state index contributed by atoms with van der Waals surface area (Å²) >= 11 is 1.70. The first kappa shape index (κ1) is 12.6. The molecular formula is C10H18N2O2S. The first-order chi connectivity index (χ1) is 7.27. The second kappa shape index (κ2) is 6.90. The topological polar surface area (TPSA) is 43.4 Å². The number of aryl methyl sites for hydroxylation is 1. The van der Waals surface area contributed by atoms with E-state index in [4.69, 9.17) is 9.47 Å². The normalized spacial score (nSPS) is 10.9. The zero-order valence-electron chi connectivity index (χ0n) is 9.50. The molecule has 86 valence electrons. The molecule has 1 aromatic rings. The minimum atomic E-state index is 0.654. The van der Waals surface area contributed by atoms with Crippen molar-refractivity contribution in [3.63, 3.8) is 0 Å². The number of methoxy groups -OCH3 is 2. The first-order valence-corrected chi connectivity index (χ1v) is 5.73. The number of nitrogens with zero attached hydrogens (tertiary/aromatic N) is 1. The molecule has 0 amide bonds. The van der Waals surface area contributed by atoms with E-state index in [9.17, 15) is 0 Å². The maximum Gasteiger partial charge on any atom is 0.107 e. The largest absolute Gasteiger partial charge is 0.383 e. The van der Waals surface area contributed by atoms with Gasteiger partial charge in [0, 0.05) is 27.3 Å². The van der Waals surface area contributed by atoms with Crippen molar-refractivity contribution >= 4 is 11.3 Å². The second-order valence-electron chi connectivity index (χ2n) is 3.22. The summed E-state index contributed by atoms with van der Waals surface area (Å²) in [4.78, 5) is 5.67. The first-order valence-electron chi connectivity index (χ1n) is 4.91. The highest BCUT2D eigenvalue weighted by Crippen LogP contribution is 2.18. The molecule has 4 nitrogen and oxygen atoms in total. The van der Waals surface area contributed by atoms with Gasteiger partial charge >= 0.3 is 0 Å². The van der Waals surface area contributed by atoms with E-state index in [1.54, 1.807) is 25.6 Å². The Balaban J connectivity index is 2.37. The molecule has 15 heavy (non-hydrogen) atoms.